The van der Waals surface area contributed by atoms with Crippen molar-refractivity contribution in [2.45, 2.75) is 32.2 Å². The van der Waals surface area contributed by atoms with Crippen LogP contribution >= 0.6 is 18.9 Å². The van der Waals surface area contributed by atoms with E-state index in [0.29, 0.717) is 28.9 Å². The van der Waals surface area contributed by atoms with Crippen LogP contribution in [0.2, 0.25) is 0 Å². The Morgan fingerprint density at radius 2 is 1.86 bits per heavy atom. The number of hydrogen-bond donors (Lipinski definition) is 2. The third-order valence-corrected chi connectivity index (χ3v) is 8.33. The summed E-state index contributed by atoms with van der Waals surface area (Å²) in [6.07, 6.45) is 0.590. The first-order chi connectivity index (χ1) is 17.7. The number of benzene rings is 2. The number of methoxy groups -OCH3 is 1. The maximum atomic E-state index is 16.0. The number of thiophene rings is 1. The van der Waals surface area contributed by atoms with Crippen molar-refractivity contribution in [3.8, 4) is 11.5 Å². The van der Waals surface area contributed by atoms with E-state index in [9.17, 15) is 19.3 Å². The molecule has 9 nitrogen and oxygen atoms in total. The van der Waals surface area contributed by atoms with Gasteiger partial charge in [0.25, 0.3) is 0 Å². The summed E-state index contributed by atoms with van der Waals surface area (Å²) >= 11 is 1.05. The van der Waals surface area contributed by atoms with Crippen molar-refractivity contribution >= 4 is 40.9 Å². The summed E-state index contributed by atoms with van der Waals surface area (Å²) in [6, 6.07) is 10.9. The van der Waals surface area contributed by atoms with Gasteiger partial charge in [-0.25, -0.2) is 14.3 Å². The molecule has 2 N–H and O–H groups in total. The molecule has 0 saturated carbocycles. The van der Waals surface area contributed by atoms with Gasteiger partial charge in [-0.15, -0.1) is 11.3 Å². The number of hydrogen-bond acceptors (Lipinski definition) is 8. The van der Waals surface area contributed by atoms with Crippen molar-refractivity contribution in [2.75, 3.05) is 26.9 Å². The zero-order chi connectivity index (χ0) is 27.0. The van der Waals surface area contributed by atoms with Crippen LogP contribution in [-0.4, -0.2) is 50.0 Å². The maximum Gasteiger partial charge on any atom is 0.355 e. The number of rotatable bonds is 14. The third kappa shape index (κ3) is 7.52. The van der Waals surface area contributed by atoms with Crippen LogP contribution in [0.25, 0.3) is 10.1 Å². The quantitative estimate of drug-likeness (QED) is 0.145. The minimum atomic E-state index is -4.45. The summed E-state index contributed by atoms with van der Waals surface area (Å²) in [7, 11) is -2.91. The van der Waals surface area contributed by atoms with Crippen molar-refractivity contribution in [3.05, 3.63) is 59.0 Å². The number of ether oxygens (including phenoxy) is 3. The number of halogens is 1. The van der Waals surface area contributed by atoms with Crippen molar-refractivity contribution < 1.29 is 42.4 Å². The highest BCUT2D eigenvalue weighted by atomic mass is 32.1. The molecule has 0 radical (unpaired) electrons. The SMILES string of the molecule is CCCOC(=O)[C@H](C)NP(=O)(Oc1cccc(OCCOC)c1)[C@@H](F)c1ccc2sc(C(=O)O)cc2c1. The molecule has 1 aromatic heterocycles. The Morgan fingerprint density at radius 1 is 1.11 bits per heavy atom. The van der Waals surface area contributed by atoms with Crippen molar-refractivity contribution in [2.24, 2.45) is 0 Å². The molecule has 0 spiro atoms. The van der Waals surface area contributed by atoms with Crippen LogP contribution in [0.15, 0.2) is 48.5 Å². The molecule has 200 valence electrons. The second-order valence-corrected chi connectivity index (χ2v) is 11.2. The van der Waals surface area contributed by atoms with Crippen molar-refractivity contribution in [1.29, 1.82) is 0 Å². The molecule has 12 heteroatoms. The highest BCUT2D eigenvalue weighted by Crippen LogP contribution is 2.58. The largest absolute Gasteiger partial charge is 0.491 e. The van der Waals surface area contributed by atoms with Gasteiger partial charge < -0.3 is 23.8 Å². The second kappa shape index (κ2) is 13.0. The van der Waals surface area contributed by atoms with Gasteiger partial charge in [-0.2, -0.15) is 0 Å². The molecule has 3 aromatic rings. The number of esters is 1. The molecule has 0 aliphatic carbocycles. The Balaban J connectivity index is 1.93. The highest BCUT2D eigenvalue weighted by Gasteiger charge is 2.41. The summed E-state index contributed by atoms with van der Waals surface area (Å²) in [6.45, 7) is 4.02. The predicted molar refractivity (Wildman–Crippen MR) is 139 cm³/mol. The Kier molecular flexibility index (Phi) is 10.0. The van der Waals surface area contributed by atoms with Crippen LogP contribution in [0.1, 0.15) is 41.4 Å². The fourth-order valence-corrected chi connectivity index (χ4v) is 6.10. The zero-order valence-corrected chi connectivity index (χ0v) is 22.4. The Hall–Kier alpha value is -2.98. The van der Waals surface area contributed by atoms with Gasteiger partial charge >= 0.3 is 19.5 Å². The lowest BCUT2D eigenvalue weighted by Crippen LogP contribution is -2.35. The minimum absolute atomic E-state index is 0.000281. The molecule has 0 aliphatic rings. The Labute approximate surface area is 218 Å². The van der Waals surface area contributed by atoms with E-state index in [1.54, 1.807) is 18.2 Å². The third-order valence-electron chi connectivity index (χ3n) is 5.10. The second-order valence-electron chi connectivity index (χ2n) is 8.07. The molecule has 0 amide bonds. The molecule has 2 aromatic carbocycles. The summed E-state index contributed by atoms with van der Waals surface area (Å²) in [5, 5.41) is 12.3. The van der Waals surface area contributed by atoms with Gasteiger partial charge in [0, 0.05) is 17.9 Å². The first kappa shape index (κ1) is 28.6. The number of fused-ring (bicyclic) bond motifs is 1. The summed E-state index contributed by atoms with van der Waals surface area (Å²) in [5.74, 6) is -3.53. The summed E-state index contributed by atoms with van der Waals surface area (Å²) in [5.41, 5.74) is -0.000281. The summed E-state index contributed by atoms with van der Waals surface area (Å²) in [4.78, 5) is 23.8. The van der Waals surface area contributed by atoms with Crippen LogP contribution in [0.4, 0.5) is 4.39 Å². The van der Waals surface area contributed by atoms with E-state index in [4.69, 9.17) is 18.7 Å². The molecular weight excluding hydrogens is 524 g/mol. The molecule has 1 heterocycles. The van der Waals surface area contributed by atoms with Crippen LogP contribution in [0, 0.1) is 0 Å². The van der Waals surface area contributed by atoms with Gasteiger partial charge in [0.15, 0.2) is 0 Å². The fourth-order valence-electron chi connectivity index (χ4n) is 3.32. The summed E-state index contributed by atoms with van der Waals surface area (Å²) < 4.78 is 52.0. The first-order valence-corrected chi connectivity index (χ1v) is 14.0. The van der Waals surface area contributed by atoms with Crippen LogP contribution in [0.5, 0.6) is 11.5 Å². The molecule has 0 aliphatic heterocycles. The smallest absolute Gasteiger partial charge is 0.355 e. The lowest BCUT2D eigenvalue weighted by molar-refractivity contribution is -0.145. The molecule has 0 saturated heterocycles. The molecule has 3 atom stereocenters. The number of carbonyl (C=O) groups is 2. The van der Waals surface area contributed by atoms with E-state index in [0.717, 1.165) is 11.3 Å². The van der Waals surface area contributed by atoms with Crippen molar-refractivity contribution in [3.63, 3.8) is 0 Å². The lowest BCUT2D eigenvalue weighted by Gasteiger charge is -2.26. The monoisotopic (exact) mass is 553 g/mol. The Bertz CT molecular complexity index is 1280. The Morgan fingerprint density at radius 3 is 2.57 bits per heavy atom. The van der Waals surface area contributed by atoms with E-state index >= 15 is 4.39 Å². The van der Waals surface area contributed by atoms with Gasteiger partial charge in [-0.05, 0) is 54.6 Å². The van der Waals surface area contributed by atoms with Crippen LogP contribution in [-0.2, 0) is 18.8 Å². The van der Waals surface area contributed by atoms with Gasteiger partial charge in [-0.3, -0.25) is 9.36 Å². The van der Waals surface area contributed by atoms with E-state index in [1.165, 1.54) is 44.4 Å². The lowest BCUT2D eigenvalue weighted by atomic mass is 10.2. The number of aromatic carboxylic acids is 1. The molecular formula is C25H29FNO8PS. The average molecular weight is 554 g/mol. The number of nitrogens with one attached hydrogen (secondary N) is 1. The molecule has 3 rings (SSSR count). The molecule has 37 heavy (non-hydrogen) atoms. The van der Waals surface area contributed by atoms with E-state index < -0.39 is 31.4 Å². The van der Waals surface area contributed by atoms with Gasteiger partial charge in [0.05, 0.1) is 13.2 Å². The first-order valence-electron chi connectivity index (χ1n) is 11.5. The number of alkyl halides is 1. The maximum absolute atomic E-state index is 16.0. The normalized spacial score (nSPS) is 14.5. The van der Waals surface area contributed by atoms with Crippen molar-refractivity contribution in [1.82, 2.24) is 5.09 Å². The van der Waals surface area contributed by atoms with E-state index in [1.807, 2.05) is 6.92 Å². The van der Waals surface area contributed by atoms with Gasteiger partial charge in [0.2, 0.25) is 5.91 Å². The zero-order valence-electron chi connectivity index (χ0n) is 20.6. The van der Waals surface area contributed by atoms with Gasteiger partial charge in [0.1, 0.15) is 29.0 Å². The fraction of sp³-hybridized carbons (Fsp3) is 0.360. The number of carboxylic acids is 1. The minimum Gasteiger partial charge on any atom is -0.491 e. The topological polar surface area (TPSA) is 120 Å². The molecule has 0 bridgehead atoms. The van der Waals surface area contributed by atoms with E-state index in [-0.39, 0.29) is 29.4 Å². The van der Waals surface area contributed by atoms with E-state index in [2.05, 4.69) is 5.09 Å². The number of carboxylic acid groups (broad SMARTS) is 1. The highest BCUT2D eigenvalue weighted by molar-refractivity contribution is 7.57. The molecule has 1 unspecified atom stereocenters. The van der Waals surface area contributed by atoms with Gasteiger partial charge in [-0.1, -0.05) is 19.1 Å². The average Bonchev–Trinajstić information content (AvgIpc) is 3.31. The van der Waals surface area contributed by atoms with Crippen LogP contribution in [0.3, 0.4) is 0 Å². The van der Waals surface area contributed by atoms with Crippen LogP contribution < -0.4 is 14.3 Å². The number of carbonyl (C=O) groups excluding carboxylic acids is 1. The molecule has 0 fully saturated rings. The predicted octanol–water partition coefficient (Wildman–Crippen LogP) is 5.80. The standard InChI is InChI=1S/C25H29FNO8PS/c1-4-10-34-25(30)16(2)27-36(31,35-20-7-5-6-19(15-20)33-12-11-32-3)23(26)17-8-9-21-18(13-17)14-22(37-21)24(28)29/h5-9,13-16,23H,4,10-12H2,1-3H3,(H,27,31)(H,28,29)/t16-,23+,36?/m0/s1.